The molecule has 1 unspecified atom stereocenters. The second-order valence-corrected chi connectivity index (χ2v) is 8.99. The van der Waals surface area contributed by atoms with Crippen molar-refractivity contribution in [3.05, 3.63) is 100 Å². The van der Waals surface area contributed by atoms with Crippen LogP contribution in [0.5, 0.6) is 0 Å². The molecule has 0 saturated heterocycles. The number of carbonyl (C=O) groups is 1. The van der Waals surface area contributed by atoms with E-state index in [4.69, 9.17) is 9.47 Å². The van der Waals surface area contributed by atoms with Gasteiger partial charge in [-0.15, -0.1) is 0 Å². The summed E-state index contributed by atoms with van der Waals surface area (Å²) < 4.78 is 106. The molecule has 4 nitrogen and oxygen atoms in total. The van der Waals surface area contributed by atoms with Gasteiger partial charge in [-0.1, -0.05) is 18.2 Å². The van der Waals surface area contributed by atoms with E-state index in [-0.39, 0.29) is 29.3 Å². The molecule has 1 aromatic heterocycles. The Hall–Kier alpha value is -3.47. The molecule has 3 atom stereocenters. The molecular weight excluding hydrogens is 519 g/mol. The van der Waals surface area contributed by atoms with Gasteiger partial charge in [-0.05, 0) is 67.3 Å². The summed E-state index contributed by atoms with van der Waals surface area (Å²) in [5, 5.41) is 0. The van der Waals surface area contributed by atoms with Gasteiger partial charge in [0.1, 0.15) is 11.9 Å². The zero-order chi connectivity index (χ0) is 27.9. The van der Waals surface area contributed by atoms with E-state index in [1.54, 1.807) is 12.1 Å². The average molecular weight is 541 g/mol. The van der Waals surface area contributed by atoms with Gasteiger partial charge in [0.05, 0.1) is 22.9 Å². The normalized spacial score (nSPS) is 20.5. The molecule has 0 fully saturated rings. The predicted octanol–water partition coefficient (Wildman–Crippen LogP) is 7.16. The number of esters is 1. The number of hydrogen-bond acceptors (Lipinski definition) is 4. The summed E-state index contributed by atoms with van der Waals surface area (Å²) >= 11 is 0. The molecule has 0 aliphatic heterocycles. The molecule has 1 aliphatic rings. The molecule has 0 N–H and O–H groups in total. The van der Waals surface area contributed by atoms with Crippen molar-refractivity contribution in [3.8, 4) is 0 Å². The van der Waals surface area contributed by atoms with Crippen molar-refractivity contribution in [2.24, 2.45) is 0 Å². The van der Waals surface area contributed by atoms with Gasteiger partial charge in [0.25, 0.3) is 0 Å². The van der Waals surface area contributed by atoms with Crippen molar-refractivity contribution in [1.82, 2.24) is 4.98 Å². The zero-order valence-corrected chi connectivity index (χ0v) is 20.2. The fraction of sp³-hybridized carbons (Fsp3) is 0.333. The second kappa shape index (κ2) is 10.0. The molecule has 0 radical (unpaired) electrons. The SMILES string of the molecule is CC(=O)OC1(c2ccc(F)cc2)c2ncccc2CC[C@@H]1O[C@H](C)c1cc(C(F)(F)F)cc(C(F)(F)F)c1. The number of halogens is 7. The smallest absolute Gasteiger partial charge is 0.416 e. The molecule has 1 heterocycles. The summed E-state index contributed by atoms with van der Waals surface area (Å²) in [7, 11) is 0. The summed E-state index contributed by atoms with van der Waals surface area (Å²) in [4.78, 5) is 16.7. The summed E-state index contributed by atoms with van der Waals surface area (Å²) in [5.41, 5.74) is -3.79. The summed E-state index contributed by atoms with van der Waals surface area (Å²) in [6.07, 6.45) is -10.4. The first-order valence-corrected chi connectivity index (χ1v) is 11.6. The zero-order valence-electron chi connectivity index (χ0n) is 20.2. The van der Waals surface area contributed by atoms with Crippen LogP contribution < -0.4 is 0 Å². The van der Waals surface area contributed by atoms with Crippen LogP contribution in [0.25, 0.3) is 0 Å². The van der Waals surface area contributed by atoms with Crippen LogP contribution in [0.4, 0.5) is 30.7 Å². The van der Waals surface area contributed by atoms with Crippen LogP contribution in [0.1, 0.15) is 59.9 Å². The van der Waals surface area contributed by atoms with Gasteiger partial charge in [-0.3, -0.25) is 9.78 Å². The van der Waals surface area contributed by atoms with Crippen molar-refractivity contribution < 1.29 is 45.0 Å². The fourth-order valence-corrected chi connectivity index (χ4v) is 4.74. The lowest BCUT2D eigenvalue weighted by atomic mass is 9.75. The molecular formula is C27H22F7NO3. The van der Waals surface area contributed by atoms with E-state index in [0.717, 1.165) is 19.1 Å². The predicted molar refractivity (Wildman–Crippen MR) is 121 cm³/mol. The third kappa shape index (κ3) is 5.38. The first-order valence-electron chi connectivity index (χ1n) is 11.6. The largest absolute Gasteiger partial charge is 0.445 e. The van der Waals surface area contributed by atoms with E-state index in [2.05, 4.69) is 4.98 Å². The number of ether oxygens (including phenoxy) is 2. The number of hydrogen-bond donors (Lipinski definition) is 0. The highest BCUT2D eigenvalue weighted by Gasteiger charge is 2.52. The Morgan fingerprint density at radius 2 is 1.61 bits per heavy atom. The summed E-state index contributed by atoms with van der Waals surface area (Å²) in [6.45, 7) is 2.46. The highest BCUT2D eigenvalue weighted by molar-refractivity contribution is 5.68. The number of aryl methyl sites for hydroxylation is 1. The summed E-state index contributed by atoms with van der Waals surface area (Å²) in [5.74, 6) is -1.31. The van der Waals surface area contributed by atoms with Crippen molar-refractivity contribution in [1.29, 1.82) is 0 Å². The van der Waals surface area contributed by atoms with Gasteiger partial charge >= 0.3 is 18.3 Å². The van der Waals surface area contributed by atoms with E-state index in [0.29, 0.717) is 24.1 Å². The topological polar surface area (TPSA) is 48.4 Å². The quantitative estimate of drug-likeness (QED) is 0.254. The molecule has 38 heavy (non-hydrogen) atoms. The van der Waals surface area contributed by atoms with Crippen LogP contribution >= 0.6 is 0 Å². The first-order chi connectivity index (χ1) is 17.7. The lowest BCUT2D eigenvalue weighted by molar-refractivity contribution is -0.181. The van der Waals surface area contributed by atoms with Crippen molar-refractivity contribution in [2.45, 2.75) is 56.9 Å². The van der Waals surface area contributed by atoms with Crippen LogP contribution in [0.15, 0.2) is 60.8 Å². The molecule has 0 saturated carbocycles. The number of pyridine rings is 1. The Kier molecular flexibility index (Phi) is 7.26. The lowest BCUT2D eigenvalue weighted by Crippen LogP contribution is -2.50. The number of fused-ring (bicyclic) bond motifs is 1. The van der Waals surface area contributed by atoms with Crippen LogP contribution in [0, 0.1) is 5.82 Å². The minimum atomic E-state index is -5.03. The Balaban J connectivity index is 1.84. The highest BCUT2D eigenvalue weighted by atomic mass is 19.4. The van der Waals surface area contributed by atoms with Gasteiger partial charge < -0.3 is 9.47 Å². The van der Waals surface area contributed by atoms with Gasteiger partial charge in [0, 0.05) is 18.7 Å². The van der Waals surface area contributed by atoms with Crippen molar-refractivity contribution >= 4 is 5.97 Å². The Morgan fingerprint density at radius 1 is 1.00 bits per heavy atom. The van der Waals surface area contributed by atoms with Crippen molar-refractivity contribution in [3.63, 3.8) is 0 Å². The first kappa shape index (κ1) is 27.6. The lowest BCUT2D eigenvalue weighted by Gasteiger charge is -2.44. The van der Waals surface area contributed by atoms with Crippen LogP contribution in [0.3, 0.4) is 0 Å². The maximum absolute atomic E-state index is 13.8. The van der Waals surface area contributed by atoms with E-state index < -0.39 is 53.1 Å². The maximum atomic E-state index is 13.8. The van der Waals surface area contributed by atoms with Gasteiger partial charge in [-0.25, -0.2) is 4.39 Å². The van der Waals surface area contributed by atoms with E-state index in [1.165, 1.54) is 25.3 Å². The second-order valence-electron chi connectivity index (χ2n) is 8.99. The van der Waals surface area contributed by atoms with Gasteiger partial charge in [0.15, 0.2) is 0 Å². The highest BCUT2D eigenvalue weighted by Crippen LogP contribution is 2.46. The third-order valence-electron chi connectivity index (χ3n) is 6.40. The third-order valence-corrected chi connectivity index (χ3v) is 6.40. The molecule has 202 valence electrons. The van der Waals surface area contributed by atoms with Gasteiger partial charge in [0.2, 0.25) is 5.60 Å². The number of nitrogens with zero attached hydrogens (tertiary/aromatic N) is 1. The molecule has 3 aromatic rings. The van der Waals surface area contributed by atoms with Crippen LogP contribution in [-0.2, 0) is 38.6 Å². The number of rotatable bonds is 5. The number of carbonyl (C=O) groups excluding carboxylic acids is 1. The molecule has 1 aliphatic carbocycles. The van der Waals surface area contributed by atoms with Crippen molar-refractivity contribution in [2.75, 3.05) is 0 Å². The Bertz CT molecular complexity index is 1290. The minimum absolute atomic E-state index is 0.0403. The Labute approximate surface area is 213 Å². The molecule has 0 amide bonds. The van der Waals surface area contributed by atoms with E-state index in [9.17, 15) is 35.5 Å². The standard InChI is InChI=1S/C27H22F7NO3/c1-15(18-12-20(26(29,30)31)14-21(13-18)27(32,33)34)37-23-10-5-17-4-3-11-35-24(17)25(23,38-16(2)36)19-6-8-22(28)9-7-19/h3-4,6-9,11-15,23H,5,10H2,1-2H3/t15-,23+,25?/m1/s1. The monoisotopic (exact) mass is 541 g/mol. The molecule has 11 heteroatoms. The average Bonchev–Trinajstić information content (AvgIpc) is 2.84. The molecule has 2 aromatic carbocycles. The number of aromatic nitrogens is 1. The summed E-state index contributed by atoms with van der Waals surface area (Å²) in [6, 6.07) is 9.68. The molecule has 0 bridgehead atoms. The van der Waals surface area contributed by atoms with Crippen LogP contribution in [-0.4, -0.2) is 17.1 Å². The number of benzene rings is 2. The minimum Gasteiger partial charge on any atom is -0.445 e. The van der Waals surface area contributed by atoms with Crippen LogP contribution in [0.2, 0.25) is 0 Å². The van der Waals surface area contributed by atoms with E-state index in [1.807, 2.05) is 0 Å². The van der Waals surface area contributed by atoms with Gasteiger partial charge in [-0.2, -0.15) is 26.3 Å². The fourth-order valence-electron chi connectivity index (χ4n) is 4.74. The maximum Gasteiger partial charge on any atom is 0.416 e. The molecule has 4 rings (SSSR count). The number of alkyl halides is 6. The molecule has 0 spiro atoms. The van der Waals surface area contributed by atoms with E-state index >= 15 is 0 Å². The Morgan fingerprint density at radius 3 is 2.16 bits per heavy atom.